The first-order valence-corrected chi connectivity index (χ1v) is 13.1. The molecule has 0 heterocycles. The van der Waals surface area contributed by atoms with Gasteiger partial charge in [0.2, 0.25) is 0 Å². The molecule has 0 aliphatic heterocycles. The largest absolute Gasteiger partial charge is 0.463 e. The lowest BCUT2D eigenvalue weighted by Crippen LogP contribution is -2.68. The van der Waals surface area contributed by atoms with Crippen molar-refractivity contribution in [2.24, 2.45) is 0 Å². The zero-order valence-corrected chi connectivity index (χ0v) is 20.5. The van der Waals surface area contributed by atoms with Crippen molar-refractivity contribution in [3.63, 3.8) is 0 Å². The van der Waals surface area contributed by atoms with Gasteiger partial charge in [0.1, 0.15) is 0 Å². The third-order valence-corrected chi connectivity index (χ3v) is 11.1. The van der Waals surface area contributed by atoms with Crippen molar-refractivity contribution in [2.75, 3.05) is 6.61 Å². The number of aliphatic hydroxyl groups is 1. The third-order valence-electron chi connectivity index (χ3n) is 6.09. The number of ether oxygens (including phenoxy) is 1. The normalized spacial score (nSPS) is 20.9. The van der Waals surface area contributed by atoms with Gasteiger partial charge in [-0.3, -0.25) is 0 Å². The summed E-state index contributed by atoms with van der Waals surface area (Å²) in [5.41, 5.74) is 1.49. The predicted molar refractivity (Wildman–Crippen MR) is 132 cm³/mol. The first-order chi connectivity index (χ1) is 15.2. The second-order valence-corrected chi connectivity index (χ2v) is 13.6. The Hall–Kier alpha value is -2.47. The number of hydrogen-bond donors (Lipinski definition) is 1. The Kier molecular flexibility index (Phi) is 7.54. The number of hydrogen-bond acceptors (Lipinski definition) is 4. The molecule has 170 valence electrons. The van der Waals surface area contributed by atoms with E-state index in [4.69, 9.17) is 9.16 Å². The van der Waals surface area contributed by atoms with Gasteiger partial charge in [-0.1, -0.05) is 93.6 Å². The predicted octanol–water partition coefficient (Wildman–Crippen LogP) is 4.13. The highest BCUT2D eigenvalue weighted by Gasteiger charge is 2.52. The van der Waals surface area contributed by atoms with Crippen LogP contribution < -0.4 is 10.4 Å². The molecule has 0 saturated heterocycles. The first-order valence-electron chi connectivity index (χ1n) is 11.2. The second-order valence-electron chi connectivity index (χ2n) is 9.32. The highest BCUT2D eigenvalue weighted by molar-refractivity contribution is 6.99. The summed E-state index contributed by atoms with van der Waals surface area (Å²) in [5.74, 6) is -0.383. The molecule has 2 aromatic rings. The van der Waals surface area contributed by atoms with E-state index in [1.807, 2.05) is 36.4 Å². The van der Waals surface area contributed by atoms with Crippen molar-refractivity contribution in [3.8, 4) is 0 Å². The number of carbonyl (C=O) groups excluding carboxylic acids is 1. The van der Waals surface area contributed by atoms with Crippen LogP contribution in [0.4, 0.5) is 0 Å². The summed E-state index contributed by atoms with van der Waals surface area (Å²) >= 11 is 0. The molecule has 32 heavy (non-hydrogen) atoms. The van der Waals surface area contributed by atoms with Gasteiger partial charge in [-0.15, -0.1) is 0 Å². The molecular weight excluding hydrogens is 416 g/mol. The van der Waals surface area contributed by atoms with E-state index >= 15 is 0 Å². The van der Waals surface area contributed by atoms with Crippen LogP contribution >= 0.6 is 0 Å². The molecule has 1 unspecified atom stereocenters. The lowest BCUT2D eigenvalue weighted by Gasteiger charge is -2.47. The second kappa shape index (κ2) is 9.99. The van der Waals surface area contributed by atoms with Crippen LogP contribution in [-0.2, 0) is 14.0 Å². The fourth-order valence-corrected chi connectivity index (χ4v) is 9.21. The molecule has 2 aromatic carbocycles. The minimum Gasteiger partial charge on any atom is -0.463 e. The zero-order valence-electron chi connectivity index (χ0n) is 19.5. The average Bonchev–Trinajstić information content (AvgIpc) is 2.75. The molecule has 1 N–H and O–H groups in total. The van der Waals surface area contributed by atoms with Crippen molar-refractivity contribution < 1.29 is 19.1 Å². The summed E-state index contributed by atoms with van der Waals surface area (Å²) in [4.78, 5) is 12.1. The Morgan fingerprint density at radius 1 is 1.06 bits per heavy atom. The highest BCUT2D eigenvalue weighted by Crippen LogP contribution is 2.40. The maximum atomic E-state index is 12.1. The van der Waals surface area contributed by atoms with Gasteiger partial charge < -0.3 is 14.3 Å². The van der Waals surface area contributed by atoms with Crippen LogP contribution in [0, 0.1) is 0 Å². The van der Waals surface area contributed by atoms with Crippen molar-refractivity contribution in [2.45, 2.75) is 57.8 Å². The molecule has 1 fully saturated rings. The van der Waals surface area contributed by atoms with Crippen molar-refractivity contribution in [3.05, 3.63) is 84.5 Å². The topological polar surface area (TPSA) is 55.8 Å². The molecule has 4 nitrogen and oxygen atoms in total. The number of carbonyl (C=O) groups is 1. The number of esters is 1. The fraction of sp³-hybridized carbons (Fsp3) is 0.370. The van der Waals surface area contributed by atoms with Gasteiger partial charge in [0, 0.05) is 6.08 Å². The summed E-state index contributed by atoms with van der Waals surface area (Å²) in [6.07, 6.45) is 1.23. The van der Waals surface area contributed by atoms with Gasteiger partial charge in [0.05, 0.1) is 18.8 Å². The van der Waals surface area contributed by atoms with Crippen molar-refractivity contribution in [1.82, 2.24) is 0 Å². The van der Waals surface area contributed by atoms with Crippen LogP contribution in [0.5, 0.6) is 0 Å². The minimum absolute atomic E-state index is 0.191. The van der Waals surface area contributed by atoms with Crippen LogP contribution in [0.25, 0.3) is 0 Å². The number of rotatable bonds is 6. The van der Waals surface area contributed by atoms with Gasteiger partial charge in [-0.05, 0) is 40.8 Å². The summed E-state index contributed by atoms with van der Waals surface area (Å²) < 4.78 is 12.2. The van der Waals surface area contributed by atoms with E-state index in [1.165, 1.54) is 16.4 Å². The van der Waals surface area contributed by atoms with Gasteiger partial charge in [0.15, 0.2) is 0 Å². The molecule has 5 heteroatoms. The van der Waals surface area contributed by atoms with Crippen LogP contribution in [0.1, 0.15) is 40.5 Å². The van der Waals surface area contributed by atoms with E-state index in [2.05, 4.69) is 51.6 Å². The fourth-order valence-electron chi connectivity index (χ4n) is 4.54. The molecule has 1 aliphatic rings. The summed E-state index contributed by atoms with van der Waals surface area (Å²) in [7, 11) is -2.81. The van der Waals surface area contributed by atoms with Gasteiger partial charge in [-0.2, -0.15) is 0 Å². The van der Waals surface area contributed by atoms with E-state index in [0.29, 0.717) is 25.0 Å². The molecule has 1 aliphatic carbocycles. The van der Waals surface area contributed by atoms with Gasteiger partial charge in [-0.25, -0.2) is 4.79 Å². The highest BCUT2D eigenvalue weighted by atomic mass is 28.4. The number of aliphatic hydroxyl groups excluding tert-OH is 1. The lowest BCUT2D eigenvalue weighted by molar-refractivity contribution is -0.137. The third kappa shape index (κ3) is 4.95. The average molecular weight is 451 g/mol. The zero-order chi connectivity index (χ0) is 23.4. The molecule has 0 spiro atoms. The summed E-state index contributed by atoms with van der Waals surface area (Å²) in [6, 6.07) is 20.8. The Balaban J connectivity index is 2.10. The standard InChI is InChI=1S/C27H34O4Si/c1-6-30-26(29)19-21-17-24(28)20(2)25(18-21)31-32(27(3,4)5,22-13-9-7-10-14-22)23-15-11-8-12-16-23/h7-16,19,24-25,28H,2,6,17-18H2,1,3-5H3/b21-19+/t24?,25-/m1/s1. The smallest absolute Gasteiger partial charge is 0.330 e. The van der Waals surface area contributed by atoms with Gasteiger partial charge in [0.25, 0.3) is 8.32 Å². The maximum Gasteiger partial charge on any atom is 0.330 e. The molecule has 1 saturated carbocycles. The molecule has 0 amide bonds. The van der Waals surface area contributed by atoms with Crippen molar-refractivity contribution >= 4 is 24.7 Å². The van der Waals surface area contributed by atoms with E-state index < -0.39 is 20.5 Å². The molecule has 0 radical (unpaired) electrons. The summed E-state index contributed by atoms with van der Waals surface area (Å²) in [5, 5.41) is 12.9. The molecule has 3 rings (SSSR count). The molecule has 2 atom stereocenters. The molecular formula is C27H34O4Si. The number of benzene rings is 2. The van der Waals surface area contributed by atoms with Crippen LogP contribution in [0.3, 0.4) is 0 Å². The monoisotopic (exact) mass is 450 g/mol. The lowest BCUT2D eigenvalue weighted by atomic mass is 9.86. The first kappa shape index (κ1) is 24.2. The minimum atomic E-state index is -2.81. The van der Waals surface area contributed by atoms with Gasteiger partial charge >= 0.3 is 5.97 Å². The van der Waals surface area contributed by atoms with E-state index in [1.54, 1.807) is 6.92 Å². The Labute approximate surface area is 192 Å². The maximum absolute atomic E-state index is 12.1. The van der Waals surface area contributed by atoms with E-state index in [9.17, 15) is 9.90 Å². The van der Waals surface area contributed by atoms with E-state index in [0.717, 1.165) is 5.57 Å². The van der Waals surface area contributed by atoms with E-state index in [-0.39, 0.29) is 11.0 Å². The SMILES string of the molecule is C=C1C(O)C/C(=C\C(=O)OCC)C[C@H]1O[Si](c1ccccc1)(c1ccccc1)C(C)(C)C. The summed E-state index contributed by atoms with van der Waals surface area (Å²) in [6.45, 7) is 12.9. The molecule has 0 bridgehead atoms. The molecule has 0 aromatic heterocycles. The Bertz CT molecular complexity index is 921. The Morgan fingerprint density at radius 2 is 1.59 bits per heavy atom. The van der Waals surface area contributed by atoms with Crippen LogP contribution in [0.2, 0.25) is 5.04 Å². The van der Waals surface area contributed by atoms with Crippen LogP contribution in [-0.4, -0.2) is 38.2 Å². The van der Waals surface area contributed by atoms with Crippen molar-refractivity contribution in [1.29, 1.82) is 0 Å². The van der Waals surface area contributed by atoms with Crippen LogP contribution in [0.15, 0.2) is 84.5 Å². The quantitative estimate of drug-likeness (QED) is 0.311. The Morgan fingerprint density at radius 3 is 2.06 bits per heavy atom.